The predicted molar refractivity (Wildman–Crippen MR) is 87.4 cm³/mol. The van der Waals surface area contributed by atoms with Crippen molar-refractivity contribution in [3.05, 3.63) is 36.4 Å². The van der Waals surface area contributed by atoms with Crippen LogP contribution in [0.25, 0.3) is 10.8 Å². The minimum atomic E-state index is -1.14. The molecule has 0 unspecified atom stereocenters. The summed E-state index contributed by atoms with van der Waals surface area (Å²) < 4.78 is 5.70. The monoisotopic (exact) mass is 287 g/mol. The first kappa shape index (κ1) is 15.8. The summed E-state index contributed by atoms with van der Waals surface area (Å²) in [5, 5.41) is 22.3. The normalized spacial score (nSPS) is 12.7. The van der Waals surface area contributed by atoms with E-state index in [1.165, 1.54) is 0 Å². The smallest absolute Gasteiger partial charge is 0.423 e. The van der Waals surface area contributed by atoms with Gasteiger partial charge in [0.15, 0.2) is 0 Å². The maximum atomic E-state index is 10.4. The van der Waals surface area contributed by atoms with Gasteiger partial charge < -0.3 is 20.5 Å². The zero-order valence-electron chi connectivity index (χ0n) is 12.9. The zero-order valence-corrected chi connectivity index (χ0v) is 12.9. The Balaban J connectivity index is 2.41. The van der Waals surface area contributed by atoms with E-state index in [2.05, 4.69) is 0 Å². The van der Waals surface area contributed by atoms with Gasteiger partial charge in [-0.15, -0.1) is 0 Å². The Morgan fingerprint density at radius 3 is 2.14 bits per heavy atom. The van der Waals surface area contributed by atoms with Crippen LogP contribution in [0.3, 0.4) is 0 Å². The first-order valence-electron chi connectivity index (χ1n) is 6.99. The number of nitrogens with two attached hydrogens (primary N) is 1. The highest BCUT2D eigenvalue weighted by Gasteiger charge is 2.39. The standard InChI is InChI=1S/C16H22BNO3/c1-15(2,19)16(3,4)21-17(20)13-9-10-14(18)12-8-6-5-7-11(12)13/h5-10,19-20H,18H2,1-4H3. The van der Waals surface area contributed by atoms with E-state index in [0.29, 0.717) is 11.2 Å². The van der Waals surface area contributed by atoms with Gasteiger partial charge in [0.2, 0.25) is 0 Å². The van der Waals surface area contributed by atoms with Crippen molar-refractivity contribution in [1.29, 1.82) is 0 Å². The van der Waals surface area contributed by atoms with Gasteiger partial charge in [-0.05, 0) is 44.6 Å². The molecule has 2 aromatic carbocycles. The Kier molecular flexibility index (Phi) is 4.02. The van der Waals surface area contributed by atoms with Gasteiger partial charge in [0, 0.05) is 11.1 Å². The molecule has 2 aromatic rings. The van der Waals surface area contributed by atoms with Crippen LogP contribution in [-0.4, -0.2) is 28.5 Å². The van der Waals surface area contributed by atoms with Crippen molar-refractivity contribution in [3.63, 3.8) is 0 Å². The molecule has 0 amide bonds. The molecule has 21 heavy (non-hydrogen) atoms. The average Bonchev–Trinajstić information content (AvgIpc) is 2.37. The molecule has 2 rings (SSSR count). The Bertz CT molecular complexity index is 650. The van der Waals surface area contributed by atoms with E-state index in [9.17, 15) is 10.1 Å². The molecule has 0 saturated carbocycles. The van der Waals surface area contributed by atoms with Crippen LogP contribution in [-0.2, 0) is 4.65 Å². The molecule has 112 valence electrons. The predicted octanol–water partition coefficient (Wildman–Crippen LogP) is 1.68. The largest absolute Gasteiger partial charge is 0.492 e. The highest BCUT2D eigenvalue weighted by Crippen LogP contribution is 2.26. The van der Waals surface area contributed by atoms with Crippen LogP contribution in [0, 0.1) is 0 Å². The van der Waals surface area contributed by atoms with Crippen molar-refractivity contribution in [2.75, 3.05) is 5.73 Å². The molecule has 0 spiro atoms. The van der Waals surface area contributed by atoms with E-state index in [4.69, 9.17) is 10.4 Å². The highest BCUT2D eigenvalue weighted by atomic mass is 16.5. The van der Waals surface area contributed by atoms with Crippen LogP contribution in [0.4, 0.5) is 5.69 Å². The molecule has 0 fully saturated rings. The molecular formula is C16H22BNO3. The molecule has 4 nitrogen and oxygen atoms in total. The Morgan fingerprint density at radius 1 is 1.00 bits per heavy atom. The van der Waals surface area contributed by atoms with Crippen molar-refractivity contribution in [2.24, 2.45) is 0 Å². The molecule has 0 atom stereocenters. The van der Waals surface area contributed by atoms with Gasteiger partial charge in [-0.25, -0.2) is 0 Å². The van der Waals surface area contributed by atoms with E-state index in [1.807, 2.05) is 24.3 Å². The van der Waals surface area contributed by atoms with Crippen LogP contribution < -0.4 is 11.2 Å². The molecule has 0 radical (unpaired) electrons. The topological polar surface area (TPSA) is 75.7 Å². The highest BCUT2D eigenvalue weighted by molar-refractivity contribution is 6.63. The minimum absolute atomic E-state index is 0.636. The third kappa shape index (κ3) is 3.05. The Hall–Kier alpha value is -1.56. The minimum Gasteiger partial charge on any atom is -0.423 e. The Morgan fingerprint density at radius 2 is 1.57 bits per heavy atom. The lowest BCUT2D eigenvalue weighted by molar-refractivity contribution is -0.0982. The molecule has 0 heterocycles. The first-order valence-corrected chi connectivity index (χ1v) is 6.99. The van der Waals surface area contributed by atoms with Crippen LogP contribution in [0.1, 0.15) is 27.7 Å². The molecule has 4 N–H and O–H groups in total. The van der Waals surface area contributed by atoms with Gasteiger partial charge in [0.1, 0.15) is 0 Å². The van der Waals surface area contributed by atoms with E-state index in [1.54, 1.807) is 39.8 Å². The van der Waals surface area contributed by atoms with E-state index in [0.717, 1.165) is 10.8 Å². The average molecular weight is 287 g/mol. The number of hydrogen-bond donors (Lipinski definition) is 3. The number of hydrogen-bond acceptors (Lipinski definition) is 4. The number of aliphatic hydroxyl groups is 1. The van der Waals surface area contributed by atoms with Crippen molar-refractivity contribution < 1.29 is 14.8 Å². The first-order chi connectivity index (χ1) is 9.63. The lowest BCUT2D eigenvalue weighted by Gasteiger charge is -2.38. The summed E-state index contributed by atoms with van der Waals surface area (Å²) in [5.41, 5.74) is 5.26. The summed E-state index contributed by atoms with van der Waals surface area (Å²) in [5.74, 6) is 0. The fourth-order valence-electron chi connectivity index (χ4n) is 2.05. The second kappa shape index (κ2) is 5.33. The molecule has 0 aliphatic heterocycles. The van der Waals surface area contributed by atoms with Gasteiger partial charge in [-0.1, -0.05) is 30.3 Å². The summed E-state index contributed by atoms with van der Waals surface area (Å²) >= 11 is 0. The van der Waals surface area contributed by atoms with Crippen molar-refractivity contribution in [1.82, 2.24) is 0 Å². The molecule has 0 saturated heterocycles. The molecule has 0 bridgehead atoms. The van der Waals surface area contributed by atoms with Gasteiger partial charge >= 0.3 is 7.12 Å². The van der Waals surface area contributed by atoms with Crippen LogP contribution in [0.2, 0.25) is 0 Å². The number of anilines is 1. The van der Waals surface area contributed by atoms with E-state index in [-0.39, 0.29) is 0 Å². The number of nitrogen functional groups attached to an aromatic ring is 1. The number of benzene rings is 2. The lowest BCUT2D eigenvalue weighted by Crippen LogP contribution is -2.53. The van der Waals surface area contributed by atoms with E-state index < -0.39 is 18.3 Å². The summed E-state index contributed by atoms with van der Waals surface area (Å²) in [6, 6.07) is 11.1. The fraction of sp³-hybridized carbons (Fsp3) is 0.375. The molecule has 5 heteroatoms. The Labute approximate surface area is 125 Å². The summed E-state index contributed by atoms with van der Waals surface area (Å²) in [6.07, 6.45) is 0. The van der Waals surface area contributed by atoms with Crippen molar-refractivity contribution in [2.45, 2.75) is 38.9 Å². The summed E-state index contributed by atoms with van der Waals surface area (Å²) in [4.78, 5) is 0. The maximum absolute atomic E-state index is 10.4. The van der Waals surface area contributed by atoms with Gasteiger partial charge in [-0.2, -0.15) is 0 Å². The zero-order chi connectivity index (χ0) is 15.8. The maximum Gasteiger partial charge on any atom is 0.492 e. The quantitative estimate of drug-likeness (QED) is 0.590. The lowest BCUT2D eigenvalue weighted by atomic mass is 9.74. The van der Waals surface area contributed by atoms with Gasteiger partial charge in [-0.3, -0.25) is 0 Å². The second-order valence-electron chi connectivity index (χ2n) is 6.33. The molecule has 0 aromatic heterocycles. The molecular weight excluding hydrogens is 265 g/mol. The van der Waals surface area contributed by atoms with Crippen molar-refractivity contribution >= 4 is 29.0 Å². The van der Waals surface area contributed by atoms with Gasteiger partial charge in [0.25, 0.3) is 0 Å². The fourth-order valence-corrected chi connectivity index (χ4v) is 2.05. The van der Waals surface area contributed by atoms with Crippen LogP contribution in [0.15, 0.2) is 36.4 Å². The SMILES string of the molecule is CC(C)(O)C(C)(C)OB(O)c1ccc(N)c2ccccc12. The summed E-state index contributed by atoms with van der Waals surface area (Å²) in [7, 11) is -1.14. The van der Waals surface area contributed by atoms with E-state index >= 15 is 0 Å². The number of rotatable bonds is 4. The third-order valence-electron chi connectivity index (χ3n) is 4.14. The van der Waals surface area contributed by atoms with Gasteiger partial charge in [0.05, 0.1) is 11.2 Å². The number of fused-ring (bicyclic) bond motifs is 1. The van der Waals surface area contributed by atoms with Crippen molar-refractivity contribution in [3.8, 4) is 0 Å². The molecule has 0 aliphatic carbocycles. The van der Waals surface area contributed by atoms with Crippen LogP contribution in [0.5, 0.6) is 0 Å². The molecule has 0 aliphatic rings. The summed E-state index contributed by atoms with van der Waals surface area (Å²) in [6.45, 7) is 6.80. The second-order valence-corrected chi connectivity index (χ2v) is 6.33. The van der Waals surface area contributed by atoms with Crippen LogP contribution >= 0.6 is 0 Å². The third-order valence-corrected chi connectivity index (χ3v) is 4.14.